The smallest absolute Gasteiger partial charge is 0.0303 e. The Morgan fingerprint density at radius 1 is 1.19 bits per heavy atom. The predicted molar refractivity (Wildman–Crippen MR) is 73.8 cm³/mol. The Balaban J connectivity index is 2.86. The highest BCUT2D eigenvalue weighted by molar-refractivity contribution is 8.00. The van der Waals surface area contributed by atoms with Crippen molar-refractivity contribution in [1.29, 1.82) is 0 Å². The standard InChI is InChI=1S/C14H23NS/c1-5-13(15)12-8-6-7-9-14(12)16-11(4)10(2)3/h6-11,13H,5,15H2,1-4H3/t11?,13-/m1/s1. The summed E-state index contributed by atoms with van der Waals surface area (Å²) >= 11 is 1.94. The van der Waals surface area contributed by atoms with Crippen LogP contribution in [-0.2, 0) is 0 Å². The van der Waals surface area contributed by atoms with Gasteiger partial charge in [-0.15, -0.1) is 11.8 Å². The lowest BCUT2D eigenvalue weighted by atomic mass is 10.1. The molecule has 0 bridgehead atoms. The molecule has 2 N–H and O–H groups in total. The van der Waals surface area contributed by atoms with Crippen molar-refractivity contribution in [2.24, 2.45) is 11.7 Å². The molecule has 0 aromatic heterocycles. The molecule has 1 nitrogen and oxygen atoms in total. The van der Waals surface area contributed by atoms with Crippen molar-refractivity contribution in [3.63, 3.8) is 0 Å². The lowest BCUT2D eigenvalue weighted by molar-refractivity contribution is 0.640. The number of nitrogens with two attached hydrogens (primary N) is 1. The Labute approximate surface area is 104 Å². The van der Waals surface area contributed by atoms with Crippen molar-refractivity contribution in [3.8, 4) is 0 Å². The second-order valence-electron chi connectivity index (χ2n) is 4.62. The summed E-state index contributed by atoms with van der Waals surface area (Å²) in [5.41, 5.74) is 7.43. The maximum atomic E-state index is 6.13. The minimum atomic E-state index is 0.170. The summed E-state index contributed by atoms with van der Waals surface area (Å²) in [7, 11) is 0. The quantitative estimate of drug-likeness (QED) is 0.775. The molecule has 0 saturated carbocycles. The van der Waals surface area contributed by atoms with E-state index in [4.69, 9.17) is 5.73 Å². The van der Waals surface area contributed by atoms with Crippen molar-refractivity contribution >= 4 is 11.8 Å². The summed E-state index contributed by atoms with van der Waals surface area (Å²) < 4.78 is 0. The van der Waals surface area contributed by atoms with Crippen molar-refractivity contribution in [2.45, 2.75) is 50.3 Å². The van der Waals surface area contributed by atoms with E-state index >= 15 is 0 Å². The predicted octanol–water partition coefficient (Wildman–Crippen LogP) is 4.23. The molecule has 1 aromatic rings. The molecule has 1 unspecified atom stereocenters. The molecule has 2 atom stereocenters. The SMILES string of the molecule is CC[C@@H](N)c1ccccc1SC(C)C(C)C. The summed E-state index contributed by atoms with van der Waals surface area (Å²) in [5, 5.41) is 0.630. The maximum absolute atomic E-state index is 6.13. The van der Waals surface area contributed by atoms with E-state index in [-0.39, 0.29) is 6.04 Å². The van der Waals surface area contributed by atoms with Gasteiger partial charge in [0.05, 0.1) is 0 Å². The van der Waals surface area contributed by atoms with E-state index in [1.54, 1.807) is 0 Å². The molecule has 0 heterocycles. The Hall–Kier alpha value is -0.470. The molecule has 90 valence electrons. The van der Waals surface area contributed by atoms with E-state index in [9.17, 15) is 0 Å². The van der Waals surface area contributed by atoms with Crippen LogP contribution < -0.4 is 5.73 Å². The molecule has 2 heteroatoms. The van der Waals surface area contributed by atoms with Crippen molar-refractivity contribution in [1.82, 2.24) is 0 Å². The van der Waals surface area contributed by atoms with Gasteiger partial charge in [0.2, 0.25) is 0 Å². The van der Waals surface area contributed by atoms with Crippen LogP contribution in [0.1, 0.15) is 45.7 Å². The van der Waals surface area contributed by atoms with Gasteiger partial charge in [0, 0.05) is 16.2 Å². The number of hydrogen-bond donors (Lipinski definition) is 1. The molecule has 0 aliphatic rings. The van der Waals surface area contributed by atoms with Gasteiger partial charge < -0.3 is 5.73 Å². The lowest BCUT2D eigenvalue weighted by Crippen LogP contribution is -2.11. The van der Waals surface area contributed by atoms with Crippen molar-refractivity contribution in [3.05, 3.63) is 29.8 Å². The van der Waals surface area contributed by atoms with Crippen LogP contribution in [0.2, 0.25) is 0 Å². The van der Waals surface area contributed by atoms with Crippen LogP contribution in [0, 0.1) is 5.92 Å². The fourth-order valence-corrected chi connectivity index (χ4v) is 2.64. The Bertz CT molecular complexity index is 322. The first-order chi connectivity index (χ1) is 7.56. The van der Waals surface area contributed by atoms with Gasteiger partial charge in [-0.05, 0) is 24.0 Å². The highest BCUT2D eigenvalue weighted by atomic mass is 32.2. The highest BCUT2D eigenvalue weighted by Crippen LogP contribution is 2.33. The van der Waals surface area contributed by atoms with Crippen LogP contribution in [0.15, 0.2) is 29.2 Å². The molecule has 0 radical (unpaired) electrons. The molecule has 1 aromatic carbocycles. The number of benzene rings is 1. The first-order valence-corrected chi connectivity index (χ1v) is 6.95. The molecular weight excluding hydrogens is 214 g/mol. The fraction of sp³-hybridized carbons (Fsp3) is 0.571. The molecule has 1 rings (SSSR count). The zero-order valence-electron chi connectivity index (χ0n) is 10.7. The second kappa shape index (κ2) is 6.31. The van der Waals surface area contributed by atoms with E-state index in [1.165, 1.54) is 10.5 Å². The van der Waals surface area contributed by atoms with Gasteiger partial charge in [0.1, 0.15) is 0 Å². The summed E-state index contributed by atoms with van der Waals surface area (Å²) in [6.07, 6.45) is 0.994. The third-order valence-corrected chi connectivity index (χ3v) is 4.55. The average molecular weight is 237 g/mol. The van der Waals surface area contributed by atoms with Gasteiger partial charge in [-0.2, -0.15) is 0 Å². The third-order valence-electron chi connectivity index (χ3n) is 3.01. The van der Waals surface area contributed by atoms with Gasteiger partial charge >= 0.3 is 0 Å². The largest absolute Gasteiger partial charge is 0.324 e. The van der Waals surface area contributed by atoms with Crippen LogP contribution in [-0.4, -0.2) is 5.25 Å². The fourth-order valence-electron chi connectivity index (χ4n) is 1.45. The van der Waals surface area contributed by atoms with Crippen LogP contribution >= 0.6 is 11.8 Å². The van der Waals surface area contributed by atoms with Gasteiger partial charge in [0.15, 0.2) is 0 Å². The maximum Gasteiger partial charge on any atom is 0.0303 e. The molecule has 0 aliphatic heterocycles. The zero-order chi connectivity index (χ0) is 12.1. The van der Waals surface area contributed by atoms with Crippen LogP contribution in [0.5, 0.6) is 0 Å². The first-order valence-electron chi connectivity index (χ1n) is 6.07. The minimum absolute atomic E-state index is 0.170. The Kier molecular flexibility index (Phi) is 5.36. The van der Waals surface area contributed by atoms with Crippen molar-refractivity contribution in [2.75, 3.05) is 0 Å². The second-order valence-corrected chi connectivity index (χ2v) is 6.04. The first kappa shape index (κ1) is 13.6. The van der Waals surface area contributed by atoms with Crippen LogP contribution in [0.3, 0.4) is 0 Å². The average Bonchev–Trinajstić information content (AvgIpc) is 2.28. The van der Waals surface area contributed by atoms with Crippen LogP contribution in [0.4, 0.5) is 0 Å². The number of thioether (sulfide) groups is 1. The van der Waals surface area contributed by atoms with E-state index in [1.807, 2.05) is 11.8 Å². The zero-order valence-corrected chi connectivity index (χ0v) is 11.6. The monoisotopic (exact) mass is 237 g/mol. The molecule has 0 aliphatic carbocycles. The third kappa shape index (κ3) is 3.53. The number of hydrogen-bond acceptors (Lipinski definition) is 2. The van der Waals surface area contributed by atoms with Gasteiger partial charge in [-0.3, -0.25) is 0 Å². The molecule has 0 spiro atoms. The van der Waals surface area contributed by atoms with E-state index in [0.29, 0.717) is 11.2 Å². The Morgan fingerprint density at radius 2 is 1.81 bits per heavy atom. The Morgan fingerprint density at radius 3 is 2.38 bits per heavy atom. The van der Waals surface area contributed by atoms with Crippen molar-refractivity contribution < 1.29 is 0 Å². The topological polar surface area (TPSA) is 26.0 Å². The summed E-state index contributed by atoms with van der Waals surface area (Å²) in [4.78, 5) is 1.35. The highest BCUT2D eigenvalue weighted by Gasteiger charge is 2.14. The summed E-state index contributed by atoms with van der Waals surface area (Å²) in [5.74, 6) is 0.691. The molecular formula is C14H23NS. The van der Waals surface area contributed by atoms with Crippen LogP contribution in [0.25, 0.3) is 0 Å². The number of rotatable bonds is 5. The van der Waals surface area contributed by atoms with E-state index < -0.39 is 0 Å². The summed E-state index contributed by atoms with van der Waals surface area (Å²) in [6.45, 7) is 8.95. The minimum Gasteiger partial charge on any atom is -0.324 e. The van der Waals surface area contributed by atoms with E-state index in [2.05, 4.69) is 52.0 Å². The van der Waals surface area contributed by atoms with Gasteiger partial charge in [-0.1, -0.05) is 45.9 Å². The normalized spacial score (nSPS) is 15.1. The molecule has 0 saturated heterocycles. The van der Waals surface area contributed by atoms with E-state index in [0.717, 1.165) is 6.42 Å². The lowest BCUT2D eigenvalue weighted by Gasteiger charge is -2.19. The van der Waals surface area contributed by atoms with Gasteiger partial charge in [0.25, 0.3) is 0 Å². The molecule has 0 fully saturated rings. The van der Waals surface area contributed by atoms with Gasteiger partial charge in [-0.25, -0.2) is 0 Å². The molecule has 16 heavy (non-hydrogen) atoms. The summed E-state index contributed by atoms with van der Waals surface area (Å²) in [6, 6.07) is 8.69. The molecule has 0 amide bonds.